The maximum absolute atomic E-state index is 12.4. The number of carbonyl (C=O) groups excluding carboxylic acids is 1. The van der Waals surface area contributed by atoms with Gasteiger partial charge < -0.3 is 14.5 Å². The second-order valence-corrected chi connectivity index (χ2v) is 8.94. The average Bonchev–Trinajstić information content (AvgIpc) is 3.03. The van der Waals surface area contributed by atoms with Crippen molar-refractivity contribution in [2.75, 3.05) is 26.5 Å². The Morgan fingerprint density at radius 2 is 1.93 bits per heavy atom. The van der Waals surface area contributed by atoms with E-state index in [2.05, 4.69) is 5.32 Å². The fourth-order valence-corrected chi connectivity index (χ4v) is 3.92. The number of hydrogen-bond donors (Lipinski definition) is 1. The third kappa shape index (κ3) is 4.39. The van der Waals surface area contributed by atoms with Gasteiger partial charge in [0.25, 0.3) is 0 Å². The minimum atomic E-state index is -3.65. The number of methoxy groups -OCH3 is 1. The minimum absolute atomic E-state index is 0.0417. The topological polar surface area (TPSA) is 111 Å². The zero-order valence-electron chi connectivity index (χ0n) is 16.9. The normalized spacial score (nSPS) is 11.7. The van der Waals surface area contributed by atoms with Crippen LogP contribution in [-0.4, -0.2) is 44.4 Å². The van der Waals surface area contributed by atoms with E-state index in [0.717, 1.165) is 4.31 Å². The minimum Gasteiger partial charge on any atom is -0.495 e. The van der Waals surface area contributed by atoms with Gasteiger partial charge in [-0.15, -0.1) is 0 Å². The number of aromatic nitrogens is 1. The van der Waals surface area contributed by atoms with E-state index < -0.39 is 15.8 Å². The van der Waals surface area contributed by atoms with Gasteiger partial charge >= 0.3 is 5.76 Å². The summed E-state index contributed by atoms with van der Waals surface area (Å²) in [5.74, 6) is -0.452. The van der Waals surface area contributed by atoms with Crippen LogP contribution in [0.15, 0.2) is 56.6 Å². The highest BCUT2D eigenvalue weighted by atomic mass is 32.2. The van der Waals surface area contributed by atoms with Crippen LogP contribution in [0, 0.1) is 0 Å². The molecule has 3 aromatic rings. The molecule has 0 aliphatic rings. The fourth-order valence-electron chi connectivity index (χ4n) is 2.99. The van der Waals surface area contributed by atoms with Gasteiger partial charge in [0.1, 0.15) is 5.75 Å². The Hall–Kier alpha value is -3.11. The number of rotatable bonds is 8. The number of carbonyl (C=O) groups is 1. The van der Waals surface area contributed by atoms with Crippen molar-refractivity contribution in [2.24, 2.45) is 0 Å². The molecule has 1 amide bonds. The monoisotopic (exact) mass is 433 g/mol. The number of fused-ring (bicyclic) bond motifs is 1. The molecular weight excluding hydrogens is 410 g/mol. The lowest BCUT2D eigenvalue weighted by Gasteiger charge is -2.15. The molecule has 1 heterocycles. The lowest BCUT2D eigenvalue weighted by molar-refractivity contribution is -0.116. The van der Waals surface area contributed by atoms with E-state index in [1.54, 1.807) is 18.2 Å². The molecule has 0 bridgehead atoms. The van der Waals surface area contributed by atoms with Gasteiger partial charge in [0.2, 0.25) is 15.9 Å². The lowest BCUT2D eigenvalue weighted by atomic mass is 10.2. The predicted octanol–water partition coefficient (Wildman–Crippen LogP) is 2.27. The van der Waals surface area contributed by atoms with E-state index in [1.807, 2.05) is 6.07 Å². The first-order chi connectivity index (χ1) is 14.2. The van der Waals surface area contributed by atoms with E-state index in [-0.39, 0.29) is 22.9 Å². The molecule has 0 aliphatic heterocycles. The molecule has 0 atom stereocenters. The van der Waals surface area contributed by atoms with Crippen LogP contribution >= 0.6 is 0 Å². The number of para-hydroxylation sites is 2. The molecule has 0 unspecified atom stereocenters. The van der Waals surface area contributed by atoms with Crippen LogP contribution in [0.5, 0.6) is 5.75 Å². The average molecular weight is 433 g/mol. The van der Waals surface area contributed by atoms with Crippen LogP contribution in [0.1, 0.15) is 12.8 Å². The molecule has 1 aromatic heterocycles. The highest BCUT2D eigenvalue weighted by molar-refractivity contribution is 7.89. The molecule has 0 fully saturated rings. The zero-order valence-corrected chi connectivity index (χ0v) is 17.7. The summed E-state index contributed by atoms with van der Waals surface area (Å²) < 4.78 is 37.7. The molecule has 0 saturated carbocycles. The van der Waals surface area contributed by atoms with E-state index in [9.17, 15) is 18.0 Å². The van der Waals surface area contributed by atoms with Crippen LogP contribution in [0.2, 0.25) is 0 Å². The number of anilines is 1. The molecule has 0 saturated heterocycles. The fraction of sp³-hybridized carbons (Fsp3) is 0.300. The summed E-state index contributed by atoms with van der Waals surface area (Å²) in [4.78, 5) is 24.5. The van der Waals surface area contributed by atoms with E-state index in [0.29, 0.717) is 29.8 Å². The van der Waals surface area contributed by atoms with Gasteiger partial charge in [-0.1, -0.05) is 12.1 Å². The van der Waals surface area contributed by atoms with Crippen LogP contribution in [0.4, 0.5) is 5.69 Å². The Morgan fingerprint density at radius 1 is 1.20 bits per heavy atom. The van der Waals surface area contributed by atoms with Gasteiger partial charge in [-0.3, -0.25) is 9.36 Å². The van der Waals surface area contributed by atoms with E-state index in [4.69, 9.17) is 9.15 Å². The number of sulfonamides is 1. The van der Waals surface area contributed by atoms with Crippen LogP contribution in [0.25, 0.3) is 11.1 Å². The summed E-state index contributed by atoms with van der Waals surface area (Å²) in [6.45, 7) is 0.315. The van der Waals surface area contributed by atoms with Crippen molar-refractivity contribution >= 4 is 32.7 Å². The Kier molecular flexibility index (Phi) is 6.28. The molecule has 0 aliphatic carbocycles. The van der Waals surface area contributed by atoms with Crippen molar-refractivity contribution in [3.05, 3.63) is 53.0 Å². The quantitative estimate of drug-likeness (QED) is 0.583. The van der Waals surface area contributed by atoms with Crippen molar-refractivity contribution in [3.63, 3.8) is 0 Å². The van der Waals surface area contributed by atoms with Crippen molar-refractivity contribution in [2.45, 2.75) is 24.3 Å². The standard InChI is InChI=1S/C20H23N3O6S/c1-22(2)30(26,27)14-10-11-17(28-3)15(13-14)21-19(24)9-6-12-23-16-7-4-5-8-18(16)29-20(23)25/h4-5,7-8,10-11,13H,6,9,12H2,1-3H3,(H,21,24). The maximum Gasteiger partial charge on any atom is 0.419 e. The first kappa shape index (κ1) is 21.6. The van der Waals surface area contributed by atoms with Crippen LogP contribution in [0.3, 0.4) is 0 Å². The Balaban J connectivity index is 1.70. The molecule has 0 spiro atoms. The Morgan fingerprint density at radius 3 is 2.63 bits per heavy atom. The van der Waals surface area contributed by atoms with Crippen molar-refractivity contribution in [1.82, 2.24) is 8.87 Å². The molecule has 9 nitrogen and oxygen atoms in total. The summed E-state index contributed by atoms with van der Waals surface area (Å²) in [5.41, 5.74) is 1.43. The van der Waals surface area contributed by atoms with Crippen LogP contribution < -0.4 is 15.8 Å². The number of nitrogens with zero attached hydrogens (tertiary/aromatic N) is 2. The SMILES string of the molecule is COc1ccc(S(=O)(=O)N(C)C)cc1NC(=O)CCCn1c(=O)oc2ccccc21. The lowest BCUT2D eigenvalue weighted by Crippen LogP contribution is -2.22. The largest absolute Gasteiger partial charge is 0.495 e. The number of benzene rings is 2. The molecule has 3 rings (SSSR count). The van der Waals surface area contributed by atoms with Gasteiger partial charge in [0.15, 0.2) is 5.58 Å². The summed E-state index contributed by atoms with van der Waals surface area (Å²) >= 11 is 0. The van der Waals surface area contributed by atoms with Crippen molar-refractivity contribution in [3.8, 4) is 5.75 Å². The van der Waals surface area contributed by atoms with E-state index >= 15 is 0 Å². The number of oxazole rings is 1. The predicted molar refractivity (Wildman–Crippen MR) is 112 cm³/mol. The molecule has 30 heavy (non-hydrogen) atoms. The third-order valence-corrected chi connectivity index (χ3v) is 6.39. The summed E-state index contributed by atoms with van der Waals surface area (Å²) in [5, 5.41) is 2.69. The number of nitrogens with one attached hydrogen (secondary N) is 1. The van der Waals surface area contributed by atoms with Gasteiger partial charge in [-0.2, -0.15) is 0 Å². The number of hydrogen-bond acceptors (Lipinski definition) is 6. The summed E-state index contributed by atoms with van der Waals surface area (Å²) in [6.07, 6.45) is 0.521. The van der Waals surface area contributed by atoms with Gasteiger partial charge in [0.05, 0.1) is 23.2 Å². The smallest absolute Gasteiger partial charge is 0.419 e. The highest BCUT2D eigenvalue weighted by Crippen LogP contribution is 2.28. The summed E-state index contributed by atoms with van der Waals surface area (Å²) in [7, 11) is 0.638. The number of ether oxygens (including phenoxy) is 1. The highest BCUT2D eigenvalue weighted by Gasteiger charge is 2.20. The van der Waals surface area contributed by atoms with Gasteiger partial charge in [-0.05, 0) is 36.8 Å². The number of aryl methyl sites for hydroxylation is 1. The Labute approximate surface area is 173 Å². The maximum atomic E-state index is 12.4. The second-order valence-electron chi connectivity index (χ2n) is 6.79. The zero-order chi connectivity index (χ0) is 21.9. The third-order valence-electron chi connectivity index (χ3n) is 4.58. The van der Waals surface area contributed by atoms with E-state index in [1.165, 1.54) is 44.0 Å². The molecule has 160 valence electrons. The molecular formula is C20H23N3O6S. The first-order valence-electron chi connectivity index (χ1n) is 9.23. The number of amides is 1. The van der Waals surface area contributed by atoms with Crippen LogP contribution in [-0.2, 0) is 21.4 Å². The van der Waals surface area contributed by atoms with Crippen molar-refractivity contribution < 1.29 is 22.4 Å². The Bertz CT molecular complexity index is 1230. The molecule has 2 aromatic carbocycles. The molecule has 10 heteroatoms. The van der Waals surface area contributed by atoms with Gasteiger partial charge in [0, 0.05) is 27.1 Å². The molecule has 0 radical (unpaired) electrons. The molecule has 1 N–H and O–H groups in total. The van der Waals surface area contributed by atoms with Crippen molar-refractivity contribution in [1.29, 1.82) is 0 Å². The second kappa shape index (κ2) is 8.72. The first-order valence-corrected chi connectivity index (χ1v) is 10.7. The summed E-state index contributed by atoms with van der Waals surface area (Å²) in [6, 6.07) is 11.3. The van der Waals surface area contributed by atoms with Gasteiger partial charge in [-0.25, -0.2) is 17.5 Å².